The normalized spacial score (nSPS) is 12.8. The van der Waals surface area contributed by atoms with E-state index in [2.05, 4.69) is 0 Å². The maximum Gasteiger partial charge on any atom is 0.202 e. The average molecular weight is 609 g/mol. The number of nitrogens with two attached hydrogens (primary N) is 1. The molecule has 0 aliphatic heterocycles. The standard InChI is InChI=1S/C30H27F6NO2P2/c1-4-18(14-5-9-16(38-3)10-6-14)27(37)15-7-11-17(12-8-15)39-28-26(36)23(33)20(25(35)30(28)41)19-22(32)21(31)13(2)29(40)24(19)34/h5-12,18,27H,4,37,40-41H2,1-3H3. The van der Waals surface area contributed by atoms with Crippen molar-refractivity contribution in [3.05, 3.63) is 100 Å². The smallest absolute Gasteiger partial charge is 0.202 e. The Bertz CT molecular complexity index is 1540. The van der Waals surface area contributed by atoms with E-state index in [1.165, 1.54) is 12.1 Å². The van der Waals surface area contributed by atoms with Crippen LogP contribution in [-0.2, 0) is 0 Å². The molecule has 0 heterocycles. The molecule has 0 saturated heterocycles. The predicted molar refractivity (Wildman–Crippen MR) is 155 cm³/mol. The van der Waals surface area contributed by atoms with Gasteiger partial charge in [-0.3, -0.25) is 0 Å². The molecule has 0 amide bonds. The Morgan fingerprint density at radius 1 is 0.683 bits per heavy atom. The first kappa shape index (κ1) is 30.8. The third kappa shape index (κ3) is 5.68. The van der Waals surface area contributed by atoms with Gasteiger partial charge in [0.25, 0.3) is 0 Å². The summed E-state index contributed by atoms with van der Waals surface area (Å²) in [6.45, 7) is 3.10. The highest BCUT2D eigenvalue weighted by atomic mass is 31.0. The number of rotatable bonds is 8. The van der Waals surface area contributed by atoms with E-state index in [0.29, 0.717) is 0 Å². The second-order valence-electron chi connectivity index (χ2n) is 9.40. The van der Waals surface area contributed by atoms with Crippen LogP contribution in [0.25, 0.3) is 11.1 Å². The fraction of sp³-hybridized carbons (Fsp3) is 0.200. The van der Waals surface area contributed by atoms with Crippen molar-refractivity contribution >= 4 is 29.1 Å². The maximum atomic E-state index is 15.3. The monoisotopic (exact) mass is 609 g/mol. The number of hydrogen-bond acceptors (Lipinski definition) is 3. The molecule has 0 fully saturated rings. The second-order valence-corrected chi connectivity index (χ2v) is 10.6. The van der Waals surface area contributed by atoms with Crippen LogP contribution in [0.5, 0.6) is 17.2 Å². The molecule has 0 aliphatic rings. The zero-order valence-corrected chi connectivity index (χ0v) is 24.6. The molecule has 0 aromatic heterocycles. The van der Waals surface area contributed by atoms with Crippen LogP contribution in [0.15, 0.2) is 48.5 Å². The molecule has 4 aromatic rings. The van der Waals surface area contributed by atoms with Gasteiger partial charge in [0, 0.05) is 17.3 Å². The highest BCUT2D eigenvalue weighted by molar-refractivity contribution is 7.28. The van der Waals surface area contributed by atoms with Crippen LogP contribution < -0.4 is 25.8 Å². The Balaban J connectivity index is 1.66. The summed E-state index contributed by atoms with van der Waals surface area (Å²) in [5, 5.41) is -1.09. The molecule has 216 valence electrons. The van der Waals surface area contributed by atoms with Crippen LogP contribution in [0.3, 0.4) is 0 Å². The Kier molecular flexibility index (Phi) is 9.32. The predicted octanol–water partition coefficient (Wildman–Crippen LogP) is 7.49. The first-order valence-electron chi connectivity index (χ1n) is 12.5. The fourth-order valence-corrected chi connectivity index (χ4v) is 5.24. The lowest BCUT2D eigenvalue weighted by molar-refractivity contribution is 0.413. The molecule has 11 heteroatoms. The Morgan fingerprint density at radius 3 is 1.71 bits per heavy atom. The summed E-state index contributed by atoms with van der Waals surface area (Å²) in [7, 11) is 5.25. The van der Waals surface area contributed by atoms with Gasteiger partial charge in [0.15, 0.2) is 23.2 Å². The minimum absolute atomic E-state index is 0.0265. The molecular weight excluding hydrogens is 582 g/mol. The van der Waals surface area contributed by atoms with Crippen molar-refractivity contribution in [2.75, 3.05) is 7.11 Å². The van der Waals surface area contributed by atoms with Crippen molar-refractivity contribution in [1.82, 2.24) is 0 Å². The Labute approximate surface area is 238 Å². The van der Waals surface area contributed by atoms with Crippen molar-refractivity contribution in [2.45, 2.75) is 32.2 Å². The molecule has 0 bridgehead atoms. The largest absolute Gasteiger partial charge is 0.497 e. The van der Waals surface area contributed by atoms with Crippen molar-refractivity contribution in [1.29, 1.82) is 0 Å². The molecule has 0 aliphatic carbocycles. The van der Waals surface area contributed by atoms with Gasteiger partial charge in [-0.15, -0.1) is 9.24 Å². The maximum absolute atomic E-state index is 15.3. The summed E-state index contributed by atoms with van der Waals surface area (Å²) in [5.41, 5.74) is 5.14. The SMILES string of the molecule is CCC(c1ccc(OC)cc1)C(N)c1ccc(Oc2c(F)c(F)c(-c3c(F)c(F)c(C)c(P)c3F)c(F)c2P)cc1. The van der Waals surface area contributed by atoms with Gasteiger partial charge in [0.1, 0.15) is 23.1 Å². The van der Waals surface area contributed by atoms with E-state index in [0.717, 1.165) is 30.2 Å². The van der Waals surface area contributed by atoms with Crippen LogP contribution in [0.4, 0.5) is 26.3 Å². The quantitative estimate of drug-likeness (QED) is 0.128. The van der Waals surface area contributed by atoms with Gasteiger partial charge in [-0.1, -0.05) is 40.4 Å². The zero-order valence-electron chi connectivity index (χ0n) is 22.3. The van der Waals surface area contributed by atoms with Gasteiger partial charge in [0.2, 0.25) is 5.82 Å². The van der Waals surface area contributed by atoms with Crippen LogP contribution in [-0.4, -0.2) is 7.11 Å². The molecule has 4 rings (SSSR count). The molecule has 4 aromatic carbocycles. The van der Waals surface area contributed by atoms with Crippen molar-refractivity contribution in [2.24, 2.45) is 5.73 Å². The van der Waals surface area contributed by atoms with E-state index in [4.69, 9.17) is 15.2 Å². The number of halogens is 6. The van der Waals surface area contributed by atoms with E-state index in [9.17, 15) is 13.2 Å². The van der Waals surface area contributed by atoms with E-state index in [-0.39, 0.29) is 11.7 Å². The zero-order chi connectivity index (χ0) is 30.2. The topological polar surface area (TPSA) is 44.5 Å². The third-order valence-corrected chi connectivity index (χ3v) is 8.27. The highest BCUT2D eigenvalue weighted by Gasteiger charge is 2.32. The molecule has 0 spiro atoms. The van der Waals surface area contributed by atoms with Crippen LogP contribution in [0, 0.1) is 41.8 Å². The number of ether oxygens (including phenoxy) is 2. The Morgan fingerprint density at radius 2 is 1.17 bits per heavy atom. The van der Waals surface area contributed by atoms with E-state index < -0.39 is 74.0 Å². The molecular formula is C30H27F6NO2P2. The van der Waals surface area contributed by atoms with Crippen LogP contribution in [0.1, 0.15) is 42.0 Å². The summed E-state index contributed by atoms with van der Waals surface area (Å²) in [6, 6.07) is 13.4. The van der Waals surface area contributed by atoms with Gasteiger partial charge in [-0.25, -0.2) is 22.0 Å². The van der Waals surface area contributed by atoms with Gasteiger partial charge in [0.05, 0.1) is 23.5 Å². The lowest BCUT2D eigenvalue weighted by Gasteiger charge is -2.24. The van der Waals surface area contributed by atoms with E-state index >= 15 is 13.2 Å². The summed E-state index contributed by atoms with van der Waals surface area (Å²) in [4.78, 5) is 0. The first-order valence-corrected chi connectivity index (χ1v) is 13.6. The molecule has 41 heavy (non-hydrogen) atoms. The van der Waals surface area contributed by atoms with E-state index in [1.54, 1.807) is 19.2 Å². The highest BCUT2D eigenvalue weighted by Crippen LogP contribution is 2.39. The van der Waals surface area contributed by atoms with E-state index in [1.807, 2.05) is 49.7 Å². The van der Waals surface area contributed by atoms with Crippen molar-refractivity contribution < 1.29 is 35.8 Å². The third-order valence-electron chi connectivity index (χ3n) is 7.07. The lowest BCUT2D eigenvalue weighted by atomic mass is 9.86. The number of methoxy groups -OCH3 is 1. The molecule has 3 nitrogen and oxygen atoms in total. The average Bonchev–Trinajstić information content (AvgIpc) is 2.99. The minimum Gasteiger partial charge on any atom is -0.497 e. The Hall–Kier alpha value is -3.12. The second kappa shape index (κ2) is 12.4. The molecule has 0 radical (unpaired) electrons. The van der Waals surface area contributed by atoms with Gasteiger partial charge in [-0.2, -0.15) is 4.39 Å². The van der Waals surface area contributed by atoms with Crippen LogP contribution >= 0.6 is 18.5 Å². The number of hydrogen-bond donors (Lipinski definition) is 1. The van der Waals surface area contributed by atoms with Gasteiger partial charge in [-0.05, 0) is 54.3 Å². The number of benzene rings is 4. The summed E-state index contributed by atoms with van der Waals surface area (Å²) in [6.07, 6.45) is 0.739. The minimum atomic E-state index is -1.93. The van der Waals surface area contributed by atoms with Crippen molar-refractivity contribution in [3.8, 4) is 28.4 Å². The lowest BCUT2D eigenvalue weighted by Crippen LogP contribution is -2.19. The van der Waals surface area contributed by atoms with Gasteiger partial charge < -0.3 is 15.2 Å². The molecule has 2 N–H and O–H groups in total. The molecule has 4 unspecified atom stereocenters. The fourth-order valence-electron chi connectivity index (χ4n) is 4.64. The summed E-state index contributed by atoms with van der Waals surface area (Å²) >= 11 is 0. The van der Waals surface area contributed by atoms with Crippen molar-refractivity contribution in [3.63, 3.8) is 0 Å². The molecule has 4 atom stereocenters. The van der Waals surface area contributed by atoms with Gasteiger partial charge >= 0.3 is 0 Å². The summed E-state index contributed by atoms with van der Waals surface area (Å²) < 4.78 is 100. The first-order chi connectivity index (χ1) is 19.4. The summed E-state index contributed by atoms with van der Waals surface area (Å²) in [5.74, 6) is -10.1. The molecule has 0 saturated carbocycles. The van der Waals surface area contributed by atoms with Crippen LogP contribution in [0.2, 0.25) is 0 Å².